The van der Waals surface area contributed by atoms with Crippen LogP contribution < -0.4 is 5.32 Å². The van der Waals surface area contributed by atoms with E-state index in [0.29, 0.717) is 18.4 Å². The Morgan fingerprint density at radius 2 is 2.06 bits per heavy atom. The molecule has 0 aliphatic carbocycles. The first kappa shape index (κ1) is 21.2. The van der Waals surface area contributed by atoms with Crippen molar-refractivity contribution in [3.63, 3.8) is 0 Å². The fraction of sp³-hybridized carbons (Fsp3) is 0.500. The standard InChI is InChI=1S/C22H26ClFN6O2/c1-12-9-28-8-4-5-14(28)10-29(12)22(32)30-11-15-19(13(30)2)26-27-20(15)25-21(31)18-16(23)6-3-7-17(18)24/h3,6-7,12-14H,4-5,8-11H2,1-2H3,(H2,25,26,27,31)/t12-,13?,14-/m0/s1. The van der Waals surface area contributed by atoms with E-state index < -0.39 is 11.7 Å². The van der Waals surface area contributed by atoms with Crippen LogP contribution in [0.3, 0.4) is 0 Å². The predicted octanol–water partition coefficient (Wildman–Crippen LogP) is 3.62. The number of urea groups is 1. The van der Waals surface area contributed by atoms with Crippen molar-refractivity contribution in [3.8, 4) is 0 Å². The van der Waals surface area contributed by atoms with Gasteiger partial charge in [0.1, 0.15) is 5.82 Å². The molecule has 2 N–H and O–H groups in total. The molecule has 1 aromatic carbocycles. The summed E-state index contributed by atoms with van der Waals surface area (Å²) in [6.45, 7) is 7.11. The first-order valence-corrected chi connectivity index (χ1v) is 11.4. The number of carbonyl (C=O) groups excluding carboxylic acids is 2. The van der Waals surface area contributed by atoms with E-state index in [1.54, 1.807) is 4.90 Å². The normalized spacial score (nSPS) is 25.1. The van der Waals surface area contributed by atoms with Crippen LogP contribution in [0.25, 0.3) is 0 Å². The lowest BCUT2D eigenvalue weighted by molar-refractivity contribution is 0.0580. The molecule has 1 unspecified atom stereocenters. The molecule has 32 heavy (non-hydrogen) atoms. The number of fused-ring (bicyclic) bond motifs is 2. The SMILES string of the molecule is CC1c2[nH]nc(NC(=O)c3c(F)cccc3Cl)c2CN1C(=O)N1C[C@@H]2CCCN2C[C@@H]1C. The number of aromatic amines is 1. The number of benzene rings is 1. The van der Waals surface area contributed by atoms with Gasteiger partial charge in [-0.05, 0) is 45.4 Å². The van der Waals surface area contributed by atoms with Crippen molar-refractivity contribution in [2.24, 2.45) is 0 Å². The van der Waals surface area contributed by atoms with Crippen molar-refractivity contribution in [2.45, 2.75) is 51.4 Å². The first-order valence-electron chi connectivity index (χ1n) is 11.0. The fourth-order valence-corrected chi connectivity index (χ4v) is 5.44. The Bertz CT molecular complexity index is 1050. The lowest BCUT2D eigenvalue weighted by Gasteiger charge is -2.44. The molecule has 0 saturated carbocycles. The summed E-state index contributed by atoms with van der Waals surface area (Å²) in [5, 5.41) is 9.83. The lowest BCUT2D eigenvalue weighted by Crippen LogP contribution is -2.59. The van der Waals surface area contributed by atoms with Crippen molar-refractivity contribution in [1.82, 2.24) is 24.9 Å². The van der Waals surface area contributed by atoms with Gasteiger partial charge in [0.25, 0.3) is 5.91 Å². The zero-order chi connectivity index (χ0) is 22.6. The summed E-state index contributed by atoms with van der Waals surface area (Å²) in [5.74, 6) is -1.08. The lowest BCUT2D eigenvalue weighted by atomic mass is 10.1. The number of rotatable bonds is 2. The van der Waals surface area contributed by atoms with Gasteiger partial charge in [-0.2, -0.15) is 5.10 Å². The van der Waals surface area contributed by atoms with E-state index in [1.807, 2.05) is 11.8 Å². The van der Waals surface area contributed by atoms with Gasteiger partial charge in [-0.1, -0.05) is 17.7 Å². The minimum Gasteiger partial charge on any atom is -0.319 e. The summed E-state index contributed by atoms with van der Waals surface area (Å²) in [7, 11) is 0. The van der Waals surface area contributed by atoms with Crippen LogP contribution in [0.2, 0.25) is 5.02 Å². The van der Waals surface area contributed by atoms with Crippen LogP contribution in [0.4, 0.5) is 15.0 Å². The van der Waals surface area contributed by atoms with Gasteiger partial charge in [-0.25, -0.2) is 9.18 Å². The van der Waals surface area contributed by atoms with Crippen LogP contribution in [0.1, 0.15) is 54.3 Å². The Labute approximate surface area is 190 Å². The smallest absolute Gasteiger partial charge is 0.319 e. The number of piperazine rings is 1. The summed E-state index contributed by atoms with van der Waals surface area (Å²) in [4.78, 5) is 32.4. The molecule has 5 rings (SSSR count). The number of amides is 3. The van der Waals surface area contributed by atoms with E-state index in [0.717, 1.165) is 37.3 Å². The van der Waals surface area contributed by atoms with E-state index >= 15 is 0 Å². The summed E-state index contributed by atoms with van der Waals surface area (Å²) < 4.78 is 14.1. The molecule has 0 radical (unpaired) electrons. The molecule has 10 heteroatoms. The summed E-state index contributed by atoms with van der Waals surface area (Å²) in [6.07, 6.45) is 2.31. The minimum atomic E-state index is -0.701. The van der Waals surface area contributed by atoms with Crippen LogP contribution in [0.5, 0.6) is 0 Å². The molecule has 1 aromatic heterocycles. The predicted molar refractivity (Wildman–Crippen MR) is 118 cm³/mol. The maximum absolute atomic E-state index is 14.1. The van der Waals surface area contributed by atoms with Gasteiger partial charge in [0.05, 0.1) is 28.9 Å². The number of halogens is 2. The first-order chi connectivity index (χ1) is 15.3. The highest BCUT2D eigenvalue weighted by Gasteiger charge is 2.42. The molecular formula is C22H26ClFN6O2. The third-order valence-corrected chi connectivity index (χ3v) is 7.28. The summed E-state index contributed by atoms with van der Waals surface area (Å²) >= 11 is 6.02. The van der Waals surface area contributed by atoms with Crippen molar-refractivity contribution < 1.29 is 14.0 Å². The van der Waals surface area contributed by atoms with Crippen molar-refractivity contribution in [2.75, 3.05) is 25.0 Å². The average Bonchev–Trinajstić information content (AvgIpc) is 3.44. The number of H-pyrrole nitrogens is 1. The minimum absolute atomic E-state index is 0.00410. The van der Waals surface area contributed by atoms with Gasteiger partial charge in [0.2, 0.25) is 0 Å². The quantitative estimate of drug-likeness (QED) is 0.716. The number of anilines is 1. The Kier molecular flexibility index (Phi) is 5.33. The molecule has 0 spiro atoms. The van der Waals surface area contributed by atoms with Crippen LogP contribution >= 0.6 is 11.6 Å². The Hall–Kier alpha value is -2.65. The van der Waals surface area contributed by atoms with Crippen molar-refractivity contribution >= 4 is 29.4 Å². The fourth-order valence-electron chi connectivity index (χ4n) is 5.19. The maximum atomic E-state index is 14.1. The van der Waals surface area contributed by atoms with Crippen LogP contribution in [0, 0.1) is 5.82 Å². The number of nitrogens with zero attached hydrogens (tertiary/aromatic N) is 4. The summed E-state index contributed by atoms with van der Waals surface area (Å²) in [5.41, 5.74) is 1.28. The second-order valence-electron chi connectivity index (χ2n) is 8.89. The number of aromatic nitrogens is 2. The zero-order valence-electron chi connectivity index (χ0n) is 18.1. The molecule has 3 atom stereocenters. The van der Waals surface area contributed by atoms with Gasteiger partial charge < -0.3 is 15.1 Å². The molecule has 4 heterocycles. The number of nitrogens with one attached hydrogen (secondary N) is 2. The molecule has 3 amide bonds. The Morgan fingerprint density at radius 1 is 1.25 bits per heavy atom. The van der Waals surface area contributed by atoms with Gasteiger partial charge in [0.15, 0.2) is 5.82 Å². The van der Waals surface area contributed by atoms with E-state index in [1.165, 1.54) is 24.6 Å². The number of hydrogen-bond donors (Lipinski definition) is 2. The van der Waals surface area contributed by atoms with Crippen LogP contribution in [0.15, 0.2) is 18.2 Å². The Balaban J connectivity index is 1.33. The molecule has 170 valence electrons. The highest BCUT2D eigenvalue weighted by Crippen LogP contribution is 2.37. The topological polar surface area (TPSA) is 84.6 Å². The second-order valence-corrected chi connectivity index (χ2v) is 9.30. The van der Waals surface area contributed by atoms with Crippen molar-refractivity contribution in [3.05, 3.63) is 45.9 Å². The zero-order valence-corrected chi connectivity index (χ0v) is 18.8. The van der Waals surface area contributed by atoms with Crippen LogP contribution in [-0.2, 0) is 6.54 Å². The van der Waals surface area contributed by atoms with E-state index in [-0.39, 0.29) is 28.7 Å². The van der Waals surface area contributed by atoms with Gasteiger partial charge in [-0.3, -0.25) is 14.8 Å². The third-order valence-electron chi connectivity index (χ3n) is 6.96. The molecule has 3 aliphatic rings. The molecule has 2 fully saturated rings. The van der Waals surface area contributed by atoms with Gasteiger partial charge >= 0.3 is 6.03 Å². The summed E-state index contributed by atoms with van der Waals surface area (Å²) in [6, 6.07) is 4.46. The van der Waals surface area contributed by atoms with Crippen molar-refractivity contribution in [1.29, 1.82) is 0 Å². The molecule has 3 aliphatic heterocycles. The maximum Gasteiger partial charge on any atom is 0.321 e. The second kappa shape index (κ2) is 8.04. The number of carbonyl (C=O) groups is 2. The largest absolute Gasteiger partial charge is 0.321 e. The molecular weight excluding hydrogens is 435 g/mol. The third kappa shape index (κ3) is 3.44. The van der Waals surface area contributed by atoms with Gasteiger partial charge in [-0.15, -0.1) is 0 Å². The monoisotopic (exact) mass is 460 g/mol. The number of hydrogen-bond acceptors (Lipinski definition) is 4. The van der Waals surface area contributed by atoms with Gasteiger partial charge in [0, 0.05) is 30.7 Å². The van der Waals surface area contributed by atoms with Crippen LogP contribution in [-0.4, -0.2) is 68.6 Å². The molecule has 8 nitrogen and oxygen atoms in total. The van der Waals surface area contributed by atoms with E-state index in [9.17, 15) is 14.0 Å². The highest BCUT2D eigenvalue weighted by molar-refractivity contribution is 6.34. The molecule has 2 aromatic rings. The molecule has 2 saturated heterocycles. The highest BCUT2D eigenvalue weighted by atomic mass is 35.5. The average molecular weight is 461 g/mol. The van der Waals surface area contributed by atoms with E-state index in [4.69, 9.17) is 11.6 Å². The van der Waals surface area contributed by atoms with E-state index in [2.05, 4.69) is 27.3 Å². The Morgan fingerprint density at radius 3 is 2.84 bits per heavy atom. The molecule has 0 bridgehead atoms.